The molecule has 0 bridgehead atoms. The number of anilines is 3. The van der Waals surface area contributed by atoms with Gasteiger partial charge in [0.25, 0.3) is 0 Å². The van der Waals surface area contributed by atoms with E-state index in [4.69, 9.17) is 4.98 Å². The summed E-state index contributed by atoms with van der Waals surface area (Å²) in [6.07, 6.45) is 8.07. The highest BCUT2D eigenvalue weighted by molar-refractivity contribution is 6.13. The van der Waals surface area contributed by atoms with Gasteiger partial charge < -0.3 is 15.0 Å². The Balaban J connectivity index is 1.46. The zero-order valence-corrected chi connectivity index (χ0v) is 16.8. The van der Waals surface area contributed by atoms with Gasteiger partial charge in [-0.3, -0.25) is 19.4 Å². The fourth-order valence-electron chi connectivity index (χ4n) is 3.64. The van der Waals surface area contributed by atoms with Crippen molar-refractivity contribution in [3.63, 3.8) is 0 Å². The Morgan fingerprint density at radius 3 is 2.68 bits per heavy atom. The average molecular weight is 420 g/mol. The highest BCUT2D eigenvalue weighted by atomic mass is 16.2. The number of urea groups is 1. The summed E-state index contributed by atoms with van der Waals surface area (Å²) in [5.41, 5.74) is 3.13. The second kappa shape index (κ2) is 7.35. The summed E-state index contributed by atoms with van der Waals surface area (Å²) in [6.45, 7) is 0.386. The number of hydrogen-bond acceptors (Lipinski definition) is 7. The first kappa shape index (κ1) is 19.0. The van der Waals surface area contributed by atoms with Gasteiger partial charge in [-0.15, -0.1) is 0 Å². The molecule has 158 valence electrons. The van der Waals surface area contributed by atoms with Crippen molar-refractivity contribution < 1.29 is 14.4 Å². The summed E-state index contributed by atoms with van der Waals surface area (Å²) < 4.78 is 1.91. The quantitative estimate of drug-likeness (QED) is 0.439. The predicted octanol–water partition coefficient (Wildman–Crippen LogP) is 1.58. The maximum atomic E-state index is 12.6. The van der Waals surface area contributed by atoms with Crippen molar-refractivity contribution >= 4 is 41.3 Å². The molecule has 4 heterocycles. The van der Waals surface area contributed by atoms with Crippen molar-refractivity contribution in [2.75, 3.05) is 29.1 Å². The number of carbonyl (C=O) groups excluding carboxylic acids is 3. The third-order valence-corrected chi connectivity index (χ3v) is 5.45. The van der Waals surface area contributed by atoms with Crippen LogP contribution in [0.1, 0.15) is 30.0 Å². The second-order valence-electron chi connectivity index (χ2n) is 7.62. The second-order valence-corrected chi connectivity index (χ2v) is 7.62. The van der Waals surface area contributed by atoms with Crippen molar-refractivity contribution in [2.24, 2.45) is 0 Å². The molecule has 2 N–H and O–H groups in total. The number of nitrogens with one attached hydrogen (secondary N) is 2. The number of aromatic nitrogens is 4. The van der Waals surface area contributed by atoms with E-state index in [0.29, 0.717) is 41.8 Å². The first-order chi connectivity index (χ1) is 15.0. The van der Waals surface area contributed by atoms with E-state index in [1.54, 1.807) is 6.07 Å². The number of hydrogen-bond donors (Lipinski definition) is 2. The lowest BCUT2D eigenvalue weighted by molar-refractivity contribution is -0.123. The summed E-state index contributed by atoms with van der Waals surface area (Å²) in [6, 6.07) is 3.24. The van der Waals surface area contributed by atoms with Crippen LogP contribution in [0, 0.1) is 0 Å². The lowest BCUT2D eigenvalue weighted by Crippen LogP contribution is -2.30. The zero-order chi connectivity index (χ0) is 21.5. The predicted molar refractivity (Wildman–Crippen MR) is 112 cm³/mol. The van der Waals surface area contributed by atoms with Gasteiger partial charge in [-0.2, -0.15) is 0 Å². The average Bonchev–Trinajstić information content (AvgIpc) is 3.49. The number of fused-ring (bicyclic) bond motifs is 1. The molecule has 3 aromatic rings. The third-order valence-electron chi connectivity index (χ3n) is 5.45. The van der Waals surface area contributed by atoms with Crippen LogP contribution in [0.25, 0.3) is 5.65 Å². The zero-order valence-electron chi connectivity index (χ0n) is 16.8. The van der Waals surface area contributed by atoms with Gasteiger partial charge in [-0.05, 0) is 30.4 Å². The van der Waals surface area contributed by atoms with E-state index >= 15 is 0 Å². The summed E-state index contributed by atoms with van der Waals surface area (Å²) >= 11 is 0. The minimum Gasteiger partial charge on any atom is -0.364 e. The Kier molecular flexibility index (Phi) is 4.50. The fourth-order valence-corrected chi connectivity index (χ4v) is 3.64. The molecule has 2 fully saturated rings. The SMILES string of the molecule is CN1C(=O)CN(c2cc(C3CC3)cn3cc(CNc4cc(NC=O)ncn4)nc23)C1=O. The Labute approximate surface area is 177 Å². The molecule has 1 saturated heterocycles. The van der Waals surface area contributed by atoms with Crippen LogP contribution >= 0.6 is 0 Å². The Bertz CT molecular complexity index is 1200. The summed E-state index contributed by atoms with van der Waals surface area (Å²) in [5.74, 6) is 1.16. The van der Waals surface area contributed by atoms with E-state index in [1.807, 2.05) is 22.9 Å². The smallest absolute Gasteiger partial charge is 0.331 e. The van der Waals surface area contributed by atoms with Gasteiger partial charge in [-0.25, -0.2) is 19.7 Å². The third kappa shape index (κ3) is 3.54. The van der Waals surface area contributed by atoms with E-state index < -0.39 is 0 Å². The number of imidazole rings is 1. The topological polar surface area (TPSA) is 125 Å². The number of pyridine rings is 1. The van der Waals surface area contributed by atoms with E-state index in [0.717, 1.165) is 29.0 Å². The van der Waals surface area contributed by atoms with Crippen LogP contribution in [-0.2, 0) is 16.1 Å². The molecule has 0 radical (unpaired) electrons. The van der Waals surface area contributed by atoms with Crippen LogP contribution in [0.4, 0.5) is 22.1 Å². The van der Waals surface area contributed by atoms with E-state index in [1.165, 1.54) is 18.3 Å². The van der Waals surface area contributed by atoms with Crippen LogP contribution in [0.5, 0.6) is 0 Å². The first-order valence-corrected chi connectivity index (χ1v) is 9.89. The van der Waals surface area contributed by atoms with Crippen molar-refractivity contribution in [3.8, 4) is 0 Å². The van der Waals surface area contributed by atoms with Crippen LogP contribution in [0.2, 0.25) is 0 Å². The van der Waals surface area contributed by atoms with Gasteiger partial charge in [0.2, 0.25) is 12.3 Å². The normalized spacial score (nSPS) is 16.3. The molecule has 0 aromatic carbocycles. The molecule has 31 heavy (non-hydrogen) atoms. The van der Waals surface area contributed by atoms with E-state index in [2.05, 4.69) is 20.6 Å². The maximum absolute atomic E-state index is 12.6. The van der Waals surface area contributed by atoms with Gasteiger partial charge in [0.1, 0.15) is 24.5 Å². The molecule has 4 amide bonds. The summed E-state index contributed by atoms with van der Waals surface area (Å²) in [5, 5.41) is 5.64. The van der Waals surface area contributed by atoms with Crippen molar-refractivity contribution in [1.29, 1.82) is 0 Å². The molecule has 2 aliphatic rings. The molecule has 1 saturated carbocycles. The lowest BCUT2D eigenvalue weighted by atomic mass is 10.1. The molecule has 11 nitrogen and oxygen atoms in total. The molecular weight excluding hydrogens is 400 g/mol. The fraction of sp³-hybridized carbons (Fsp3) is 0.300. The van der Waals surface area contributed by atoms with Crippen molar-refractivity contribution in [3.05, 3.63) is 42.1 Å². The molecule has 11 heteroatoms. The molecular formula is C20H20N8O3. The summed E-state index contributed by atoms with van der Waals surface area (Å²) in [7, 11) is 1.49. The van der Waals surface area contributed by atoms with Gasteiger partial charge in [0.15, 0.2) is 5.65 Å². The Morgan fingerprint density at radius 1 is 1.16 bits per heavy atom. The minimum absolute atomic E-state index is 0.00695. The number of rotatable bonds is 7. The van der Waals surface area contributed by atoms with Gasteiger partial charge in [-0.1, -0.05) is 0 Å². The molecule has 0 spiro atoms. The number of likely N-dealkylation sites (N-methyl/N-ethyl adjacent to an activating group) is 1. The Morgan fingerprint density at radius 2 is 1.97 bits per heavy atom. The largest absolute Gasteiger partial charge is 0.364 e. The van der Waals surface area contributed by atoms with Gasteiger partial charge in [0.05, 0.1) is 17.9 Å². The van der Waals surface area contributed by atoms with Crippen LogP contribution in [0.3, 0.4) is 0 Å². The maximum Gasteiger partial charge on any atom is 0.331 e. The molecule has 0 unspecified atom stereocenters. The number of carbonyl (C=O) groups is 3. The molecule has 5 rings (SSSR count). The first-order valence-electron chi connectivity index (χ1n) is 9.89. The highest BCUT2D eigenvalue weighted by Gasteiger charge is 2.36. The van der Waals surface area contributed by atoms with Gasteiger partial charge in [0, 0.05) is 25.5 Å². The van der Waals surface area contributed by atoms with Crippen molar-refractivity contribution in [2.45, 2.75) is 25.3 Å². The number of imide groups is 1. The highest BCUT2D eigenvalue weighted by Crippen LogP contribution is 2.42. The summed E-state index contributed by atoms with van der Waals surface area (Å²) in [4.78, 5) is 50.6. The minimum atomic E-state index is -0.348. The molecule has 3 aromatic heterocycles. The van der Waals surface area contributed by atoms with Crippen LogP contribution in [0.15, 0.2) is 30.9 Å². The van der Waals surface area contributed by atoms with Crippen LogP contribution < -0.4 is 15.5 Å². The number of amides is 4. The number of nitrogens with zero attached hydrogens (tertiary/aromatic N) is 6. The Hall–Kier alpha value is -4.02. The van der Waals surface area contributed by atoms with Crippen molar-refractivity contribution in [1.82, 2.24) is 24.3 Å². The standard InChI is InChI=1S/C20H20N8O3/c1-26-18(30)9-28(20(26)31)15-4-13(12-2-3-12)7-27-8-14(25-19(15)27)6-21-16-5-17(24-11-29)23-10-22-16/h4-5,7-8,10-12H,2-3,6,9H2,1H3,(H2,21,22,23,24,29). The van der Waals surface area contributed by atoms with E-state index in [9.17, 15) is 14.4 Å². The molecule has 0 atom stereocenters. The van der Waals surface area contributed by atoms with Gasteiger partial charge >= 0.3 is 6.03 Å². The lowest BCUT2D eigenvalue weighted by Gasteiger charge is -2.17. The van der Waals surface area contributed by atoms with Crippen LogP contribution in [-0.4, -0.2) is 56.2 Å². The molecule has 1 aliphatic heterocycles. The monoisotopic (exact) mass is 420 g/mol. The molecule has 1 aliphatic carbocycles. The van der Waals surface area contributed by atoms with E-state index in [-0.39, 0.29) is 18.5 Å².